The van der Waals surface area contributed by atoms with Gasteiger partial charge in [0.1, 0.15) is 0 Å². The molecular formula is C11H19NO3. The first kappa shape index (κ1) is 10.9. The monoisotopic (exact) mass is 213 g/mol. The van der Waals surface area contributed by atoms with E-state index in [1.807, 2.05) is 7.05 Å². The van der Waals surface area contributed by atoms with Crippen molar-refractivity contribution in [1.29, 1.82) is 0 Å². The van der Waals surface area contributed by atoms with Gasteiger partial charge >= 0.3 is 5.97 Å². The van der Waals surface area contributed by atoms with Crippen molar-refractivity contribution in [3.05, 3.63) is 0 Å². The van der Waals surface area contributed by atoms with Crippen LogP contribution in [0.5, 0.6) is 0 Å². The van der Waals surface area contributed by atoms with Gasteiger partial charge in [-0.15, -0.1) is 0 Å². The number of aliphatic hydroxyl groups is 1. The average molecular weight is 213 g/mol. The van der Waals surface area contributed by atoms with E-state index < -0.39 is 6.10 Å². The summed E-state index contributed by atoms with van der Waals surface area (Å²) in [6.07, 6.45) is 2.28. The molecule has 2 aliphatic heterocycles. The van der Waals surface area contributed by atoms with Crippen LogP contribution in [0.3, 0.4) is 0 Å². The third kappa shape index (κ3) is 1.76. The molecule has 2 heterocycles. The first-order valence-electron chi connectivity index (χ1n) is 5.71. The molecule has 2 rings (SSSR count). The predicted octanol–water partition coefficient (Wildman–Crippen LogP) is 0.393. The van der Waals surface area contributed by atoms with Crippen LogP contribution in [0.2, 0.25) is 0 Å². The summed E-state index contributed by atoms with van der Waals surface area (Å²) in [5.41, 5.74) is 0. The summed E-state index contributed by atoms with van der Waals surface area (Å²) < 4.78 is 5.03. The zero-order valence-electron chi connectivity index (χ0n) is 9.35. The molecule has 0 saturated carbocycles. The van der Waals surface area contributed by atoms with E-state index in [1.165, 1.54) is 0 Å². The normalized spacial score (nSPS) is 40.5. The van der Waals surface area contributed by atoms with Crippen molar-refractivity contribution in [1.82, 2.24) is 4.90 Å². The Labute approximate surface area is 90.2 Å². The zero-order valence-corrected chi connectivity index (χ0v) is 9.35. The molecule has 4 heteroatoms. The number of rotatable bonds is 2. The minimum absolute atomic E-state index is 0.179. The Morgan fingerprint density at radius 2 is 2.27 bits per heavy atom. The second-order valence-corrected chi connectivity index (χ2v) is 4.54. The number of hydrogen-bond acceptors (Lipinski definition) is 4. The minimum Gasteiger partial charge on any atom is -0.466 e. The summed E-state index contributed by atoms with van der Waals surface area (Å²) in [4.78, 5) is 14.0. The molecule has 0 radical (unpaired) electrons. The van der Waals surface area contributed by atoms with Gasteiger partial charge in [0.2, 0.25) is 0 Å². The first-order valence-corrected chi connectivity index (χ1v) is 5.71. The van der Waals surface area contributed by atoms with Gasteiger partial charge < -0.3 is 9.84 Å². The molecule has 2 fully saturated rings. The van der Waals surface area contributed by atoms with Crippen molar-refractivity contribution in [2.24, 2.45) is 5.92 Å². The third-order valence-corrected chi connectivity index (χ3v) is 3.80. The van der Waals surface area contributed by atoms with E-state index in [9.17, 15) is 9.90 Å². The summed E-state index contributed by atoms with van der Waals surface area (Å²) in [6, 6.07) is 0.633. The Hall–Kier alpha value is -0.610. The number of piperidine rings is 1. The van der Waals surface area contributed by atoms with Crippen LogP contribution in [0.15, 0.2) is 0 Å². The van der Waals surface area contributed by atoms with E-state index in [2.05, 4.69) is 4.90 Å². The molecule has 15 heavy (non-hydrogen) atoms. The molecule has 0 aromatic rings. The minimum atomic E-state index is -0.516. The van der Waals surface area contributed by atoms with Crippen molar-refractivity contribution >= 4 is 5.97 Å². The fourth-order valence-electron chi connectivity index (χ4n) is 2.99. The second kappa shape index (κ2) is 4.10. The molecule has 86 valence electrons. The third-order valence-electron chi connectivity index (χ3n) is 3.80. The first-order chi connectivity index (χ1) is 7.15. The molecule has 2 bridgehead atoms. The summed E-state index contributed by atoms with van der Waals surface area (Å²) in [5.74, 6) is -0.573. The lowest BCUT2D eigenvalue weighted by molar-refractivity contribution is -0.158. The maximum Gasteiger partial charge on any atom is 0.313 e. The fourth-order valence-corrected chi connectivity index (χ4v) is 2.99. The van der Waals surface area contributed by atoms with E-state index in [4.69, 9.17) is 4.74 Å². The Morgan fingerprint density at radius 3 is 2.93 bits per heavy atom. The molecule has 4 atom stereocenters. The number of hydrogen-bond donors (Lipinski definition) is 1. The quantitative estimate of drug-likeness (QED) is 0.674. The number of carbonyl (C=O) groups excluding carboxylic acids is 1. The van der Waals surface area contributed by atoms with Gasteiger partial charge in [-0.25, -0.2) is 0 Å². The number of fused-ring (bicyclic) bond motifs is 2. The van der Waals surface area contributed by atoms with Gasteiger partial charge in [0, 0.05) is 12.1 Å². The molecule has 0 aromatic carbocycles. The maximum absolute atomic E-state index is 11.7. The highest BCUT2D eigenvalue weighted by Gasteiger charge is 2.48. The lowest BCUT2D eigenvalue weighted by Crippen LogP contribution is -2.52. The molecule has 0 spiro atoms. The van der Waals surface area contributed by atoms with Gasteiger partial charge in [-0.1, -0.05) is 0 Å². The maximum atomic E-state index is 11.7. The smallest absolute Gasteiger partial charge is 0.313 e. The lowest BCUT2D eigenvalue weighted by Gasteiger charge is -2.39. The van der Waals surface area contributed by atoms with E-state index in [0.717, 1.165) is 12.8 Å². The van der Waals surface area contributed by atoms with Crippen LogP contribution in [0.1, 0.15) is 26.2 Å². The van der Waals surface area contributed by atoms with Crippen LogP contribution < -0.4 is 0 Å². The average Bonchev–Trinajstić information content (AvgIpc) is 2.46. The lowest BCUT2D eigenvalue weighted by atomic mass is 9.88. The fraction of sp³-hybridized carbons (Fsp3) is 0.909. The van der Waals surface area contributed by atoms with Crippen LogP contribution >= 0.6 is 0 Å². The van der Waals surface area contributed by atoms with E-state index in [0.29, 0.717) is 19.1 Å². The molecule has 0 aliphatic carbocycles. The molecule has 1 N–H and O–H groups in total. The molecule has 4 nitrogen and oxygen atoms in total. The van der Waals surface area contributed by atoms with Crippen molar-refractivity contribution in [3.63, 3.8) is 0 Å². The zero-order chi connectivity index (χ0) is 11.0. The topological polar surface area (TPSA) is 49.8 Å². The van der Waals surface area contributed by atoms with E-state index >= 15 is 0 Å². The van der Waals surface area contributed by atoms with Crippen LogP contribution in [-0.2, 0) is 9.53 Å². The molecule has 0 amide bonds. The Kier molecular flexibility index (Phi) is 2.98. The number of ether oxygens (including phenoxy) is 1. The van der Waals surface area contributed by atoms with Crippen LogP contribution in [-0.4, -0.2) is 47.8 Å². The molecule has 2 saturated heterocycles. The standard InChI is InChI=1S/C11H19NO3/c1-3-15-11(14)10-8-5-4-7(12(8)2)6-9(10)13/h7-10,13H,3-6H2,1-2H3/t7-,8+,9+,10+/m1/s1. The van der Waals surface area contributed by atoms with Crippen LogP contribution in [0.25, 0.3) is 0 Å². The molecular weight excluding hydrogens is 194 g/mol. The van der Waals surface area contributed by atoms with E-state index in [-0.39, 0.29) is 17.9 Å². The second-order valence-electron chi connectivity index (χ2n) is 4.54. The highest BCUT2D eigenvalue weighted by atomic mass is 16.5. The van der Waals surface area contributed by atoms with Gasteiger partial charge in [0.25, 0.3) is 0 Å². The van der Waals surface area contributed by atoms with Gasteiger partial charge in [-0.2, -0.15) is 0 Å². The number of esters is 1. The van der Waals surface area contributed by atoms with Gasteiger partial charge in [0.05, 0.1) is 18.6 Å². The van der Waals surface area contributed by atoms with Crippen molar-refractivity contribution < 1.29 is 14.6 Å². The van der Waals surface area contributed by atoms with Crippen LogP contribution in [0.4, 0.5) is 0 Å². The van der Waals surface area contributed by atoms with Gasteiger partial charge in [-0.05, 0) is 33.2 Å². The van der Waals surface area contributed by atoms with Gasteiger partial charge in [-0.3, -0.25) is 9.69 Å². The highest BCUT2D eigenvalue weighted by molar-refractivity contribution is 5.74. The Bertz CT molecular complexity index is 256. The molecule has 0 unspecified atom stereocenters. The predicted molar refractivity (Wildman–Crippen MR) is 55.3 cm³/mol. The van der Waals surface area contributed by atoms with Crippen molar-refractivity contribution in [2.75, 3.05) is 13.7 Å². The largest absolute Gasteiger partial charge is 0.466 e. The summed E-state index contributed by atoms with van der Waals surface area (Å²) in [7, 11) is 2.04. The van der Waals surface area contributed by atoms with E-state index in [1.54, 1.807) is 6.92 Å². The van der Waals surface area contributed by atoms with Gasteiger partial charge in [0.15, 0.2) is 0 Å². The SMILES string of the molecule is CCOC(=O)[C@@H]1[C@@H](O)C[C@H]2CC[C@@H]1N2C. The highest BCUT2D eigenvalue weighted by Crippen LogP contribution is 2.38. The van der Waals surface area contributed by atoms with Crippen molar-refractivity contribution in [2.45, 2.75) is 44.4 Å². The summed E-state index contributed by atoms with van der Waals surface area (Å²) >= 11 is 0. The number of nitrogens with zero attached hydrogens (tertiary/aromatic N) is 1. The summed E-state index contributed by atoms with van der Waals surface area (Å²) in [6.45, 7) is 2.19. The molecule has 0 aromatic heterocycles. The molecule has 2 aliphatic rings. The Balaban J connectivity index is 2.12. The number of aliphatic hydroxyl groups excluding tert-OH is 1. The number of carbonyl (C=O) groups is 1. The van der Waals surface area contributed by atoms with Crippen LogP contribution in [0, 0.1) is 5.92 Å². The van der Waals surface area contributed by atoms with Crippen molar-refractivity contribution in [3.8, 4) is 0 Å². The summed E-state index contributed by atoms with van der Waals surface area (Å²) in [5, 5.41) is 9.94. The Morgan fingerprint density at radius 1 is 1.53 bits per heavy atom.